The van der Waals surface area contributed by atoms with Crippen LogP contribution >= 0.6 is 0 Å². The quantitative estimate of drug-likeness (QED) is 0.759. The molecule has 1 aliphatic rings. The van der Waals surface area contributed by atoms with Gasteiger partial charge in [-0.3, -0.25) is 0 Å². The summed E-state index contributed by atoms with van der Waals surface area (Å²) in [5.41, 5.74) is -0.638. The van der Waals surface area contributed by atoms with Crippen molar-refractivity contribution in [1.29, 1.82) is 0 Å². The third-order valence-electron chi connectivity index (χ3n) is 1.74. The topological polar surface area (TPSA) is 75.6 Å². The second-order valence-electron chi connectivity index (χ2n) is 5.12. The highest BCUT2D eigenvalue weighted by Crippen LogP contribution is 2.14. The van der Waals surface area contributed by atoms with E-state index in [1.807, 2.05) is 0 Å². The first-order chi connectivity index (χ1) is 8.26. The fourth-order valence-electron chi connectivity index (χ4n) is 0.838. The monoisotopic (exact) mass is 257 g/mol. The number of aliphatic carboxylic acids is 1. The Balaban J connectivity index is 0.000000827. The molecule has 0 saturated heterocycles. The minimum atomic E-state index is -1.11. The van der Waals surface area contributed by atoms with Crippen LogP contribution in [0, 0.1) is 0 Å². The van der Waals surface area contributed by atoms with E-state index in [1.165, 1.54) is 25.3 Å². The van der Waals surface area contributed by atoms with Gasteiger partial charge in [-0.25, -0.2) is 9.59 Å². The lowest BCUT2D eigenvalue weighted by Gasteiger charge is -2.21. The van der Waals surface area contributed by atoms with E-state index in [-0.39, 0.29) is 6.42 Å². The molecule has 1 rings (SSSR count). The van der Waals surface area contributed by atoms with Crippen LogP contribution in [0.1, 0.15) is 46.5 Å². The lowest BCUT2D eigenvalue weighted by Crippen LogP contribution is -2.43. The summed E-state index contributed by atoms with van der Waals surface area (Å²) in [6.07, 6.45) is 5.35. The average Bonchev–Trinajstić information content (AvgIpc) is 3.00. The zero-order valence-corrected chi connectivity index (χ0v) is 11.4. The third kappa shape index (κ3) is 11.0. The van der Waals surface area contributed by atoms with Crippen LogP contribution in [-0.4, -0.2) is 28.8 Å². The number of carbonyl (C=O) groups is 2. The standard InChI is InChI=1S/C10H17NO4.C3H6/c1-5-6-7(8(12)13)11-9(14)15-10(2,3)4;1-2-3-1/h5,7H,1,6H2,2-4H3,(H,11,14)(H,12,13);1-3H2. The Labute approximate surface area is 108 Å². The Hall–Kier alpha value is -1.52. The molecular weight excluding hydrogens is 234 g/mol. The molecule has 0 aromatic carbocycles. The van der Waals surface area contributed by atoms with Gasteiger partial charge in [-0.15, -0.1) is 6.58 Å². The summed E-state index contributed by atoms with van der Waals surface area (Å²) in [6.45, 7) is 8.52. The molecule has 1 fully saturated rings. The van der Waals surface area contributed by atoms with Gasteiger partial charge in [0.05, 0.1) is 0 Å². The van der Waals surface area contributed by atoms with Crippen LogP contribution in [0.5, 0.6) is 0 Å². The fraction of sp³-hybridized carbons (Fsp3) is 0.692. The van der Waals surface area contributed by atoms with Crippen molar-refractivity contribution in [3.05, 3.63) is 12.7 Å². The summed E-state index contributed by atoms with van der Waals surface area (Å²) in [5, 5.41) is 11.0. The van der Waals surface area contributed by atoms with E-state index in [0.717, 1.165) is 0 Å². The van der Waals surface area contributed by atoms with Gasteiger partial charge in [-0.1, -0.05) is 25.3 Å². The van der Waals surface area contributed by atoms with E-state index in [0.29, 0.717) is 0 Å². The van der Waals surface area contributed by atoms with Crippen LogP contribution in [0.15, 0.2) is 12.7 Å². The number of carboxylic acids is 1. The van der Waals surface area contributed by atoms with E-state index >= 15 is 0 Å². The average molecular weight is 257 g/mol. The number of carbonyl (C=O) groups excluding carboxylic acids is 1. The summed E-state index contributed by atoms with van der Waals surface area (Å²) in [7, 11) is 0. The minimum Gasteiger partial charge on any atom is -0.480 e. The molecule has 1 aliphatic carbocycles. The van der Waals surface area contributed by atoms with Crippen molar-refractivity contribution in [2.45, 2.75) is 58.1 Å². The smallest absolute Gasteiger partial charge is 0.408 e. The number of alkyl carbamates (subject to hydrolysis) is 1. The van der Waals surface area contributed by atoms with Crippen LogP contribution in [-0.2, 0) is 9.53 Å². The third-order valence-corrected chi connectivity index (χ3v) is 1.74. The van der Waals surface area contributed by atoms with Crippen LogP contribution < -0.4 is 5.32 Å². The summed E-state index contributed by atoms with van der Waals surface area (Å²) in [6, 6.07) is -0.989. The van der Waals surface area contributed by atoms with E-state index in [4.69, 9.17) is 9.84 Å². The van der Waals surface area contributed by atoms with Crippen LogP contribution in [0.25, 0.3) is 0 Å². The summed E-state index contributed by atoms with van der Waals surface area (Å²) < 4.78 is 4.92. The van der Waals surface area contributed by atoms with Gasteiger partial charge in [0.2, 0.25) is 0 Å². The Morgan fingerprint density at radius 3 is 2.17 bits per heavy atom. The maximum Gasteiger partial charge on any atom is 0.408 e. The first-order valence-electron chi connectivity index (χ1n) is 6.09. The molecule has 1 saturated carbocycles. The zero-order valence-electron chi connectivity index (χ0n) is 11.4. The van der Waals surface area contributed by atoms with E-state index in [2.05, 4.69) is 11.9 Å². The van der Waals surface area contributed by atoms with Gasteiger partial charge in [-0.2, -0.15) is 0 Å². The van der Waals surface area contributed by atoms with Crippen molar-refractivity contribution in [2.75, 3.05) is 0 Å². The molecule has 1 atom stereocenters. The summed E-state index contributed by atoms with van der Waals surface area (Å²) in [4.78, 5) is 21.9. The van der Waals surface area contributed by atoms with E-state index < -0.39 is 23.7 Å². The molecule has 0 bridgehead atoms. The number of ether oxygens (including phenoxy) is 1. The highest BCUT2D eigenvalue weighted by atomic mass is 16.6. The SMILES string of the molecule is C1CC1.C=CCC(NC(=O)OC(C)(C)C)C(=O)O. The molecule has 0 spiro atoms. The number of carboxylic acid groups (broad SMARTS) is 1. The predicted molar refractivity (Wildman–Crippen MR) is 69.5 cm³/mol. The van der Waals surface area contributed by atoms with Gasteiger partial charge in [0.25, 0.3) is 0 Å². The largest absolute Gasteiger partial charge is 0.480 e. The normalized spacial score (nSPS) is 14.6. The molecule has 104 valence electrons. The van der Waals surface area contributed by atoms with E-state index in [9.17, 15) is 9.59 Å². The number of rotatable bonds is 4. The minimum absolute atomic E-state index is 0.161. The number of hydrogen-bond acceptors (Lipinski definition) is 3. The number of nitrogens with one attached hydrogen (secondary N) is 1. The van der Waals surface area contributed by atoms with Gasteiger partial charge in [-0.05, 0) is 27.2 Å². The molecule has 0 heterocycles. The van der Waals surface area contributed by atoms with Crippen LogP contribution in [0.2, 0.25) is 0 Å². The van der Waals surface area contributed by atoms with Gasteiger partial charge < -0.3 is 15.2 Å². The molecule has 1 amide bonds. The molecule has 2 N–H and O–H groups in total. The van der Waals surface area contributed by atoms with Crippen LogP contribution in [0.3, 0.4) is 0 Å². The molecular formula is C13H23NO4. The second-order valence-corrected chi connectivity index (χ2v) is 5.12. The second kappa shape index (κ2) is 7.74. The van der Waals surface area contributed by atoms with Gasteiger partial charge in [0, 0.05) is 0 Å². The highest BCUT2D eigenvalue weighted by Gasteiger charge is 2.22. The fourth-order valence-corrected chi connectivity index (χ4v) is 0.838. The lowest BCUT2D eigenvalue weighted by molar-refractivity contribution is -0.139. The number of hydrogen-bond donors (Lipinski definition) is 2. The maximum atomic E-state index is 11.2. The van der Waals surface area contributed by atoms with Gasteiger partial charge >= 0.3 is 12.1 Å². The first-order valence-corrected chi connectivity index (χ1v) is 6.09. The summed E-state index contributed by atoms with van der Waals surface area (Å²) >= 11 is 0. The molecule has 5 nitrogen and oxygen atoms in total. The Morgan fingerprint density at radius 2 is 1.89 bits per heavy atom. The Bertz CT molecular complexity index is 289. The Kier molecular flexibility index (Phi) is 7.08. The molecule has 18 heavy (non-hydrogen) atoms. The van der Waals surface area contributed by atoms with Crippen molar-refractivity contribution in [3.63, 3.8) is 0 Å². The van der Waals surface area contributed by atoms with E-state index in [1.54, 1.807) is 20.8 Å². The Morgan fingerprint density at radius 1 is 1.39 bits per heavy atom. The molecule has 0 aliphatic heterocycles. The first kappa shape index (κ1) is 16.5. The van der Waals surface area contributed by atoms with Crippen molar-refractivity contribution < 1.29 is 19.4 Å². The zero-order chi connectivity index (χ0) is 14.2. The molecule has 1 unspecified atom stereocenters. The van der Waals surface area contributed by atoms with Crippen LogP contribution in [0.4, 0.5) is 4.79 Å². The lowest BCUT2D eigenvalue weighted by atomic mass is 10.2. The number of amides is 1. The van der Waals surface area contributed by atoms with Gasteiger partial charge in [0.15, 0.2) is 0 Å². The van der Waals surface area contributed by atoms with Crippen molar-refractivity contribution in [2.24, 2.45) is 0 Å². The molecule has 0 aromatic rings. The predicted octanol–water partition coefficient (Wildman–Crippen LogP) is 2.71. The summed E-state index contributed by atoms with van der Waals surface area (Å²) in [5.74, 6) is -1.11. The maximum absolute atomic E-state index is 11.2. The highest BCUT2D eigenvalue weighted by molar-refractivity contribution is 5.80. The molecule has 5 heteroatoms. The van der Waals surface area contributed by atoms with Crippen molar-refractivity contribution >= 4 is 12.1 Å². The molecule has 0 aromatic heterocycles. The van der Waals surface area contributed by atoms with Crippen molar-refractivity contribution in [1.82, 2.24) is 5.32 Å². The molecule has 0 radical (unpaired) electrons. The van der Waals surface area contributed by atoms with Crippen molar-refractivity contribution in [3.8, 4) is 0 Å². The van der Waals surface area contributed by atoms with Gasteiger partial charge in [0.1, 0.15) is 11.6 Å².